The number of benzene rings is 3. The van der Waals surface area contributed by atoms with Crippen molar-refractivity contribution in [3.8, 4) is 0 Å². The van der Waals surface area contributed by atoms with Gasteiger partial charge in [-0.05, 0) is 61.0 Å². The van der Waals surface area contributed by atoms with Crippen molar-refractivity contribution in [3.05, 3.63) is 90.2 Å². The molecule has 0 unspecified atom stereocenters. The van der Waals surface area contributed by atoms with Crippen LogP contribution in [0.3, 0.4) is 0 Å². The first kappa shape index (κ1) is 19.6. The minimum atomic E-state index is -3.95. The molecular formula is C21H19FN2O3S. The van der Waals surface area contributed by atoms with Crippen molar-refractivity contribution in [2.75, 3.05) is 16.2 Å². The predicted octanol–water partition coefficient (Wildman–Crippen LogP) is 3.97. The van der Waals surface area contributed by atoms with Gasteiger partial charge in [-0.15, -0.1) is 0 Å². The summed E-state index contributed by atoms with van der Waals surface area (Å²) in [6, 6.07) is 20.1. The zero-order chi connectivity index (χ0) is 20.1. The molecule has 7 heteroatoms. The van der Waals surface area contributed by atoms with Crippen molar-refractivity contribution >= 4 is 27.3 Å². The molecule has 3 aromatic rings. The van der Waals surface area contributed by atoms with Crippen LogP contribution in [-0.4, -0.2) is 20.9 Å². The lowest BCUT2D eigenvalue weighted by Gasteiger charge is -2.24. The number of hydrogen-bond acceptors (Lipinski definition) is 3. The summed E-state index contributed by atoms with van der Waals surface area (Å²) >= 11 is 0. The number of carbonyl (C=O) groups excluding carboxylic acids is 1. The van der Waals surface area contributed by atoms with E-state index in [0.29, 0.717) is 11.4 Å². The Morgan fingerprint density at radius 1 is 0.964 bits per heavy atom. The summed E-state index contributed by atoms with van der Waals surface area (Å²) in [5, 5.41) is 2.60. The van der Waals surface area contributed by atoms with Gasteiger partial charge in [0.25, 0.3) is 10.0 Å². The maximum absolute atomic E-state index is 13.2. The Balaban J connectivity index is 1.92. The van der Waals surface area contributed by atoms with Crippen LogP contribution in [0.5, 0.6) is 0 Å². The van der Waals surface area contributed by atoms with E-state index in [1.54, 1.807) is 36.4 Å². The predicted molar refractivity (Wildman–Crippen MR) is 107 cm³/mol. The van der Waals surface area contributed by atoms with Gasteiger partial charge in [-0.25, -0.2) is 12.8 Å². The fourth-order valence-corrected chi connectivity index (χ4v) is 4.12. The minimum Gasteiger partial charge on any atom is -0.325 e. The van der Waals surface area contributed by atoms with Crippen LogP contribution in [0.2, 0.25) is 0 Å². The van der Waals surface area contributed by atoms with E-state index >= 15 is 0 Å². The SMILES string of the molecule is Cc1cccc(N(CC(=O)Nc2ccc(F)cc2)S(=O)(=O)c2ccccc2)c1. The Kier molecular flexibility index (Phi) is 5.75. The summed E-state index contributed by atoms with van der Waals surface area (Å²) < 4.78 is 40.4. The molecule has 0 saturated heterocycles. The lowest BCUT2D eigenvalue weighted by molar-refractivity contribution is -0.114. The van der Waals surface area contributed by atoms with Crippen LogP contribution in [0.1, 0.15) is 5.56 Å². The zero-order valence-corrected chi connectivity index (χ0v) is 16.0. The van der Waals surface area contributed by atoms with Gasteiger partial charge in [-0.2, -0.15) is 0 Å². The van der Waals surface area contributed by atoms with E-state index in [-0.39, 0.29) is 4.90 Å². The van der Waals surface area contributed by atoms with E-state index in [2.05, 4.69) is 5.32 Å². The molecule has 0 radical (unpaired) electrons. The molecule has 1 amide bonds. The third-order valence-electron chi connectivity index (χ3n) is 4.04. The van der Waals surface area contributed by atoms with Gasteiger partial charge in [-0.1, -0.05) is 30.3 Å². The summed E-state index contributed by atoms with van der Waals surface area (Å²) in [7, 11) is -3.95. The molecule has 0 atom stereocenters. The maximum atomic E-state index is 13.2. The number of anilines is 2. The van der Waals surface area contributed by atoms with Crippen molar-refractivity contribution in [2.45, 2.75) is 11.8 Å². The number of amides is 1. The van der Waals surface area contributed by atoms with Gasteiger partial charge in [0.15, 0.2) is 0 Å². The van der Waals surface area contributed by atoms with Crippen LogP contribution in [0.4, 0.5) is 15.8 Å². The molecule has 0 fully saturated rings. The third kappa shape index (κ3) is 4.55. The number of halogens is 1. The first-order valence-corrected chi connectivity index (χ1v) is 10.0. The second kappa shape index (κ2) is 8.22. The highest BCUT2D eigenvalue weighted by Crippen LogP contribution is 2.24. The first-order valence-electron chi connectivity index (χ1n) is 8.56. The standard InChI is InChI=1S/C21H19FN2O3S/c1-16-6-5-7-19(14-16)24(28(26,27)20-8-3-2-4-9-20)15-21(25)23-18-12-10-17(22)11-13-18/h2-14H,15H2,1H3,(H,23,25). The van der Waals surface area contributed by atoms with Crippen molar-refractivity contribution in [1.29, 1.82) is 0 Å². The van der Waals surface area contributed by atoms with E-state index in [4.69, 9.17) is 0 Å². The molecule has 28 heavy (non-hydrogen) atoms. The second-order valence-electron chi connectivity index (χ2n) is 6.22. The van der Waals surface area contributed by atoms with Gasteiger partial charge >= 0.3 is 0 Å². The number of nitrogens with zero attached hydrogens (tertiary/aromatic N) is 1. The average Bonchev–Trinajstić information content (AvgIpc) is 2.68. The highest BCUT2D eigenvalue weighted by molar-refractivity contribution is 7.92. The fraction of sp³-hybridized carbons (Fsp3) is 0.0952. The molecule has 3 aromatic carbocycles. The van der Waals surface area contributed by atoms with E-state index in [0.717, 1.165) is 9.87 Å². The highest BCUT2D eigenvalue weighted by atomic mass is 32.2. The lowest BCUT2D eigenvalue weighted by Crippen LogP contribution is -2.38. The average molecular weight is 398 g/mol. The summed E-state index contributed by atoms with van der Waals surface area (Å²) in [6.07, 6.45) is 0. The van der Waals surface area contributed by atoms with Crippen LogP contribution < -0.4 is 9.62 Å². The number of aryl methyl sites for hydroxylation is 1. The quantitative estimate of drug-likeness (QED) is 0.683. The topological polar surface area (TPSA) is 66.5 Å². The summed E-state index contributed by atoms with van der Waals surface area (Å²) in [5.41, 5.74) is 1.63. The maximum Gasteiger partial charge on any atom is 0.264 e. The van der Waals surface area contributed by atoms with E-state index in [9.17, 15) is 17.6 Å². The molecule has 0 heterocycles. The van der Waals surface area contributed by atoms with Crippen LogP contribution in [0.25, 0.3) is 0 Å². The van der Waals surface area contributed by atoms with Gasteiger partial charge in [0.2, 0.25) is 5.91 Å². The smallest absolute Gasteiger partial charge is 0.264 e. The van der Waals surface area contributed by atoms with Crippen LogP contribution in [0, 0.1) is 12.7 Å². The number of rotatable bonds is 6. The molecule has 0 aromatic heterocycles. The normalized spacial score (nSPS) is 11.1. The van der Waals surface area contributed by atoms with Crippen LogP contribution in [-0.2, 0) is 14.8 Å². The highest BCUT2D eigenvalue weighted by Gasteiger charge is 2.27. The number of nitrogens with one attached hydrogen (secondary N) is 1. The summed E-state index contributed by atoms with van der Waals surface area (Å²) in [5.74, 6) is -0.960. The van der Waals surface area contributed by atoms with Crippen LogP contribution in [0.15, 0.2) is 83.8 Å². The van der Waals surface area contributed by atoms with Gasteiger partial charge < -0.3 is 5.32 Å². The molecule has 0 aliphatic carbocycles. The van der Waals surface area contributed by atoms with Crippen molar-refractivity contribution in [1.82, 2.24) is 0 Å². The second-order valence-corrected chi connectivity index (χ2v) is 8.08. The lowest BCUT2D eigenvalue weighted by atomic mass is 10.2. The third-order valence-corrected chi connectivity index (χ3v) is 5.82. The molecular weight excluding hydrogens is 379 g/mol. The first-order chi connectivity index (χ1) is 13.4. The fourth-order valence-electron chi connectivity index (χ4n) is 2.68. The van der Waals surface area contributed by atoms with E-state index < -0.39 is 28.3 Å². The van der Waals surface area contributed by atoms with Gasteiger partial charge in [0.1, 0.15) is 12.4 Å². The van der Waals surface area contributed by atoms with E-state index in [1.165, 1.54) is 36.4 Å². The molecule has 144 valence electrons. The van der Waals surface area contributed by atoms with Crippen LogP contribution >= 0.6 is 0 Å². The molecule has 5 nitrogen and oxygen atoms in total. The summed E-state index contributed by atoms with van der Waals surface area (Å²) in [4.78, 5) is 12.6. The Hall–Kier alpha value is -3.19. The molecule has 0 saturated carbocycles. The van der Waals surface area contributed by atoms with E-state index in [1.807, 2.05) is 13.0 Å². The molecule has 0 aliphatic heterocycles. The van der Waals surface area contributed by atoms with Gasteiger partial charge in [0, 0.05) is 5.69 Å². The number of sulfonamides is 1. The largest absolute Gasteiger partial charge is 0.325 e. The van der Waals surface area contributed by atoms with Crippen molar-refractivity contribution in [2.24, 2.45) is 0 Å². The molecule has 1 N–H and O–H groups in total. The molecule has 0 aliphatic rings. The Labute approximate surface area is 163 Å². The molecule has 3 rings (SSSR count). The number of carbonyl (C=O) groups is 1. The molecule has 0 spiro atoms. The zero-order valence-electron chi connectivity index (χ0n) is 15.2. The van der Waals surface area contributed by atoms with Gasteiger partial charge in [0.05, 0.1) is 10.6 Å². The van der Waals surface area contributed by atoms with Crippen molar-refractivity contribution < 1.29 is 17.6 Å². The monoisotopic (exact) mass is 398 g/mol. The Morgan fingerprint density at radius 3 is 2.29 bits per heavy atom. The minimum absolute atomic E-state index is 0.0890. The Bertz CT molecular complexity index is 1070. The number of hydrogen-bond donors (Lipinski definition) is 1. The van der Waals surface area contributed by atoms with Gasteiger partial charge in [-0.3, -0.25) is 9.10 Å². The molecule has 0 bridgehead atoms. The summed E-state index contributed by atoms with van der Waals surface area (Å²) in [6.45, 7) is 1.42. The van der Waals surface area contributed by atoms with Crippen molar-refractivity contribution in [3.63, 3.8) is 0 Å². The Morgan fingerprint density at radius 2 is 1.64 bits per heavy atom.